The summed E-state index contributed by atoms with van der Waals surface area (Å²) in [6.07, 6.45) is 2.42. The third-order valence-electron chi connectivity index (χ3n) is 5.58. The molecule has 0 spiro atoms. The van der Waals surface area contributed by atoms with E-state index in [9.17, 15) is 18.0 Å². The first-order chi connectivity index (χ1) is 15.4. The molecule has 2 aromatic rings. The van der Waals surface area contributed by atoms with Crippen LogP contribution >= 0.6 is 0 Å². The maximum Gasteiger partial charge on any atom is 0.243 e. The van der Waals surface area contributed by atoms with Gasteiger partial charge >= 0.3 is 0 Å². The van der Waals surface area contributed by atoms with E-state index < -0.39 is 10.0 Å². The van der Waals surface area contributed by atoms with E-state index in [4.69, 9.17) is 0 Å². The summed E-state index contributed by atoms with van der Waals surface area (Å²) in [7, 11) is -3.56. The zero-order chi connectivity index (χ0) is 22.6. The van der Waals surface area contributed by atoms with E-state index in [0.717, 1.165) is 24.1 Å². The predicted octanol–water partition coefficient (Wildman–Crippen LogP) is 2.83. The van der Waals surface area contributed by atoms with Gasteiger partial charge in [0.2, 0.25) is 21.8 Å². The number of rotatable bonds is 7. The maximum atomic E-state index is 12.7. The third-order valence-corrected chi connectivity index (χ3v) is 7.48. The topological polar surface area (TPSA) is 99.1 Å². The smallest absolute Gasteiger partial charge is 0.243 e. The molecular formula is C23H26N4O4S. The van der Waals surface area contributed by atoms with Crippen molar-refractivity contribution in [2.75, 3.05) is 25.0 Å². The van der Waals surface area contributed by atoms with Crippen molar-refractivity contribution in [3.63, 3.8) is 0 Å². The quantitative estimate of drug-likeness (QED) is 0.695. The van der Waals surface area contributed by atoms with Crippen molar-refractivity contribution >= 4 is 33.2 Å². The molecule has 168 valence electrons. The lowest BCUT2D eigenvalue weighted by Crippen LogP contribution is -2.28. The molecule has 9 heteroatoms. The zero-order valence-electron chi connectivity index (χ0n) is 17.7. The molecule has 0 radical (unpaired) electrons. The van der Waals surface area contributed by atoms with Gasteiger partial charge in [0.15, 0.2) is 0 Å². The van der Waals surface area contributed by atoms with E-state index in [1.807, 2.05) is 30.3 Å². The highest BCUT2D eigenvalue weighted by Gasteiger charge is 2.27. The summed E-state index contributed by atoms with van der Waals surface area (Å²) >= 11 is 0. The third kappa shape index (κ3) is 5.05. The molecule has 0 aromatic heterocycles. The molecule has 2 aliphatic heterocycles. The predicted molar refractivity (Wildman–Crippen MR) is 122 cm³/mol. The molecule has 0 atom stereocenters. The number of nitrogens with zero attached hydrogens (tertiary/aromatic N) is 3. The van der Waals surface area contributed by atoms with Crippen molar-refractivity contribution in [3.05, 3.63) is 60.2 Å². The number of hydrazone groups is 1. The van der Waals surface area contributed by atoms with E-state index in [1.165, 1.54) is 21.4 Å². The van der Waals surface area contributed by atoms with Crippen LogP contribution in [0.1, 0.15) is 37.7 Å². The first-order valence-electron chi connectivity index (χ1n) is 10.8. The highest BCUT2D eigenvalue weighted by molar-refractivity contribution is 7.89. The van der Waals surface area contributed by atoms with Crippen LogP contribution in [0.3, 0.4) is 0 Å². The Bertz CT molecular complexity index is 1130. The molecule has 0 bridgehead atoms. The van der Waals surface area contributed by atoms with Gasteiger partial charge in [-0.15, -0.1) is 0 Å². The Hall–Kier alpha value is -3.04. The van der Waals surface area contributed by atoms with Crippen LogP contribution in [0.4, 0.5) is 5.69 Å². The van der Waals surface area contributed by atoms with Gasteiger partial charge in [0.05, 0.1) is 17.2 Å². The normalized spacial score (nSPS) is 16.8. The van der Waals surface area contributed by atoms with Crippen LogP contribution in [-0.2, 0) is 19.6 Å². The number of carbonyl (C=O) groups is 2. The minimum atomic E-state index is -3.56. The van der Waals surface area contributed by atoms with Crippen molar-refractivity contribution in [2.24, 2.45) is 5.10 Å². The highest BCUT2D eigenvalue weighted by Crippen LogP contribution is 2.23. The van der Waals surface area contributed by atoms with E-state index >= 15 is 0 Å². The molecule has 2 aliphatic rings. The number of anilines is 1. The molecule has 2 heterocycles. The van der Waals surface area contributed by atoms with Crippen molar-refractivity contribution in [1.82, 2.24) is 9.31 Å². The number of benzene rings is 2. The van der Waals surface area contributed by atoms with Crippen molar-refractivity contribution < 1.29 is 18.0 Å². The largest absolute Gasteiger partial charge is 0.326 e. The van der Waals surface area contributed by atoms with Gasteiger partial charge in [-0.25, -0.2) is 13.4 Å². The Morgan fingerprint density at radius 2 is 1.69 bits per heavy atom. The van der Waals surface area contributed by atoms with Crippen LogP contribution < -0.4 is 5.32 Å². The first kappa shape index (κ1) is 22.2. The summed E-state index contributed by atoms with van der Waals surface area (Å²) in [6.45, 7) is 1.54. The molecule has 2 aromatic carbocycles. The fourth-order valence-electron chi connectivity index (χ4n) is 3.86. The molecule has 32 heavy (non-hydrogen) atoms. The Morgan fingerprint density at radius 3 is 2.44 bits per heavy atom. The summed E-state index contributed by atoms with van der Waals surface area (Å²) < 4.78 is 26.9. The molecular weight excluding hydrogens is 428 g/mol. The van der Waals surface area contributed by atoms with Crippen LogP contribution in [0, 0.1) is 0 Å². The van der Waals surface area contributed by atoms with Crippen LogP contribution in [0.15, 0.2) is 64.6 Å². The lowest BCUT2D eigenvalue weighted by molar-refractivity contribution is -0.132. The van der Waals surface area contributed by atoms with Gasteiger partial charge in [-0.05, 0) is 36.6 Å². The van der Waals surface area contributed by atoms with Crippen LogP contribution in [0.2, 0.25) is 0 Å². The van der Waals surface area contributed by atoms with Gasteiger partial charge in [-0.1, -0.05) is 36.4 Å². The molecule has 8 nitrogen and oxygen atoms in total. The van der Waals surface area contributed by atoms with Crippen LogP contribution in [0.25, 0.3) is 0 Å². The fourth-order valence-corrected chi connectivity index (χ4v) is 5.42. The number of hydrogen-bond acceptors (Lipinski definition) is 5. The summed E-state index contributed by atoms with van der Waals surface area (Å²) in [5.41, 5.74) is 2.25. The van der Waals surface area contributed by atoms with Gasteiger partial charge in [0.25, 0.3) is 0 Å². The molecule has 1 saturated heterocycles. The standard InChI is InChI=1S/C23H26N4O4S/c28-22(11-12-23(29)27-16-13-21(25-27)18-7-2-1-3-8-18)24-19-9-6-10-20(17-19)32(30,31)26-14-4-5-15-26/h1-3,6-10,17H,4-5,11-16H2,(H,24,28). The molecule has 0 saturated carbocycles. The average molecular weight is 455 g/mol. The van der Waals surface area contributed by atoms with Gasteiger partial charge < -0.3 is 5.32 Å². The summed E-state index contributed by atoms with van der Waals surface area (Å²) in [5, 5.41) is 8.51. The number of hydrogen-bond donors (Lipinski definition) is 1. The number of nitrogens with one attached hydrogen (secondary N) is 1. The van der Waals surface area contributed by atoms with E-state index in [0.29, 0.717) is 31.7 Å². The van der Waals surface area contributed by atoms with Gasteiger partial charge in [0.1, 0.15) is 0 Å². The molecule has 0 unspecified atom stereocenters. The van der Waals surface area contributed by atoms with Gasteiger partial charge in [-0.3, -0.25) is 9.59 Å². The minimum absolute atomic E-state index is 0.00533. The summed E-state index contributed by atoms with van der Waals surface area (Å²) in [4.78, 5) is 25.0. The molecule has 1 N–H and O–H groups in total. The van der Waals surface area contributed by atoms with E-state index in [-0.39, 0.29) is 29.6 Å². The lowest BCUT2D eigenvalue weighted by Gasteiger charge is -2.16. The monoisotopic (exact) mass is 454 g/mol. The molecule has 1 fully saturated rings. The van der Waals surface area contributed by atoms with Crippen molar-refractivity contribution in [2.45, 2.75) is 37.0 Å². The Labute approximate surface area is 188 Å². The molecule has 0 aliphatic carbocycles. The number of carbonyl (C=O) groups excluding carboxylic acids is 2. The Kier molecular flexibility index (Phi) is 6.66. The molecule has 4 rings (SSSR count). The van der Waals surface area contributed by atoms with Crippen LogP contribution in [0.5, 0.6) is 0 Å². The van der Waals surface area contributed by atoms with E-state index in [2.05, 4.69) is 10.4 Å². The number of sulfonamides is 1. The number of amides is 2. The average Bonchev–Trinajstić information content (AvgIpc) is 3.51. The Balaban J connectivity index is 1.32. The second kappa shape index (κ2) is 9.62. The second-order valence-electron chi connectivity index (χ2n) is 7.87. The maximum absolute atomic E-state index is 12.7. The minimum Gasteiger partial charge on any atom is -0.326 e. The fraction of sp³-hybridized carbons (Fsp3) is 0.348. The highest BCUT2D eigenvalue weighted by atomic mass is 32.2. The lowest BCUT2D eigenvalue weighted by atomic mass is 10.1. The SMILES string of the molecule is O=C(CCC(=O)N1CCC(c2ccccc2)=N1)Nc1cccc(S(=O)(=O)N2CCCC2)c1. The van der Waals surface area contributed by atoms with Gasteiger partial charge in [-0.2, -0.15) is 9.41 Å². The molecule has 2 amide bonds. The van der Waals surface area contributed by atoms with Crippen molar-refractivity contribution in [3.8, 4) is 0 Å². The van der Waals surface area contributed by atoms with Gasteiger partial charge in [0, 0.05) is 38.0 Å². The summed E-state index contributed by atoms with van der Waals surface area (Å²) in [5.74, 6) is -0.558. The van der Waals surface area contributed by atoms with Crippen molar-refractivity contribution in [1.29, 1.82) is 0 Å². The Morgan fingerprint density at radius 1 is 0.938 bits per heavy atom. The zero-order valence-corrected chi connectivity index (χ0v) is 18.6. The summed E-state index contributed by atoms with van der Waals surface area (Å²) in [6, 6.07) is 15.9. The first-order valence-corrected chi connectivity index (χ1v) is 12.2. The van der Waals surface area contributed by atoms with Crippen LogP contribution in [-0.4, -0.2) is 54.9 Å². The van der Waals surface area contributed by atoms with E-state index in [1.54, 1.807) is 12.1 Å². The second-order valence-corrected chi connectivity index (χ2v) is 9.80.